The fourth-order valence-corrected chi connectivity index (χ4v) is 2.54. The molecule has 1 saturated heterocycles. The quantitative estimate of drug-likeness (QED) is 0.740. The van der Waals surface area contributed by atoms with Crippen LogP contribution in [-0.4, -0.2) is 36.3 Å². The summed E-state index contributed by atoms with van der Waals surface area (Å²) in [6, 6.07) is 5.40. The van der Waals surface area contributed by atoms with Crippen molar-refractivity contribution in [3.63, 3.8) is 0 Å². The lowest BCUT2D eigenvalue weighted by Crippen LogP contribution is -2.38. The molecule has 1 amide bonds. The Morgan fingerprint density at radius 1 is 1.32 bits per heavy atom. The molecule has 0 radical (unpaired) electrons. The molecule has 0 aliphatic carbocycles. The number of rotatable bonds is 1. The molecule has 22 heavy (non-hydrogen) atoms. The van der Waals surface area contributed by atoms with E-state index in [9.17, 15) is 4.79 Å². The zero-order valence-electron chi connectivity index (χ0n) is 13.1. The highest BCUT2D eigenvalue weighted by Crippen LogP contribution is 2.29. The fourth-order valence-electron chi connectivity index (χ4n) is 2.23. The summed E-state index contributed by atoms with van der Waals surface area (Å²) in [7, 11) is 0. The molecule has 1 aromatic rings. The van der Waals surface area contributed by atoms with Crippen molar-refractivity contribution in [3.8, 4) is 0 Å². The fraction of sp³-hybridized carbons (Fsp3) is 0.562. The summed E-state index contributed by atoms with van der Waals surface area (Å²) in [5.41, 5.74) is 0.397. The third-order valence-electron chi connectivity index (χ3n) is 3.24. The molecule has 0 bridgehead atoms. The maximum absolute atomic E-state index is 12.3. The molecule has 0 N–H and O–H groups in total. The lowest BCUT2D eigenvalue weighted by Gasteiger charge is -2.28. The first-order valence-electron chi connectivity index (χ1n) is 7.31. The van der Waals surface area contributed by atoms with Crippen molar-refractivity contribution < 1.29 is 14.3 Å². The number of benzene rings is 1. The highest BCUT2D eigenvalue weighted by atomic mass is 35.5. The molecular weight excluding hydrogens is 325 g/mol. The van der Waals surface area contributed by atoms with E-state index in [-0.39, 0.29) is 12.2 Å². The minimum absolute atomic E-state index is 0.232. The second-order valence-corrected chi connectivity index (χ2v) is 7.13. The van der Waals surface area contributed by atoms with Crippen molar-refractivity contribution in [2.24, 2.45) is 0 Å². The first-order valence-corrected chi connectivity index (χ1v) is 8.06. The summed E-state index contributed by atoms with van der Waals surface area (Å²) in [5, 5.41) is 0.985. The molecule has 0 saturated carbocycles. The Bertz CT molecular complexity index is 543. The number of carbonyl (C=O) groups excluding carboxylic acids is 1. The van der Waals surface area contributed by atoms with Gasteiger partial charge in [-0.2, -0.15) is 0 Å². The summed E-state index contributed by atoms with van der Waals surface area (Å²) in [4.78, 5) is 14.0. The Balaban J connectivity index is 2.12. The Morgan fingerprint density at radius 2 is 2.05 bits per heavy atom. The van der Waals surface area contributed by atoms with Gasteiger partial charge < -0.3 is 14.4 Å². The Hall–Kier alpha value is -0.970. The predicted octanol–water partition coefficient (Wildman–Crippen LogP) is 4.69. The van der Waals surface area contributed by atoms with Crippen LogP contribution in [0, 0.1) is 0 Å². The van der Waals surface area contributed by atoms with Crippen molar-refractivity contribution in [3.05, 3.63) is 33.8 Å². The molecule has 1 aliphatic heterocycles. The summed E-state index contributed by atoms with van der Waals surface area (Å²) < 4.78 is 11.3. The monoisotopic (exact) mass is 345 g/mol. The average molecular weight is 346 g/mol. The highest BCUT2D eigenvalue weighted by molar-refractivity contribution is 6.42. The third-order valence-corrected chi connectivity index (χ3v) is 3.98. The number of carbonyl (C=O) groups is 1. The molecule has 1 aliphatic rings. The minimum atomic E-state index is -0.511. The number of nitrogens with zero attached hydrogens (tertiary/aromatic N) is 1. The minimum Gasteiger partial charge on any atom is -0.444 e. The van der Waals surface area contributed by atoms with Crippen LogP contribution in [0.25, 0.3) is 0 Å². The zero-order chi connectivity index (χ0) is 16.3. The zero-order valence-corrected chi connectivity index (χ0v) is 14.6. The molecule has 0 spiro atoms. The number of halogens is 2. The van der Waals surface area contributed by atoms with E-state index in [1.807, 2.05) is 26.8 Å². The van der Waals surface area contributed by atoms with Crippen molar-refractivity contribution in [2.75, 3.05) is 19.7 Å². The van der Waals surface area contributed by atoms with Crippen molar-refractivity contribution in [1.29, 1.82) is 0 Å². The van der Waals surface area contributed by atoms with Crippen molar-refractivity contribution in [1.82, 2.24) is 4.90 Å². The van der Waals surface area contributed by atoms with Gasteiger partial charge in [0.15, 0.2) is 0 Å². The molecule has 6 heteroatoms. The molecule has 1 atom stereocenters. The van der Waals surface area contributed by atoms with Crippen LogP contribution >= 0.6 is 23.2 Å². The van der Waals surface area contributed by atoms with Crippen LogP contribution < -0.4 is 0 Å². The summed E-state index contributed by atoms with van der Waals surface area (Å²) in [6.45, 7) is 7.21. The molecule has 122 valence electrons. The SMILES string of the molecule is CC(C)(C)OC(=O)N1CCCOC(c2ccc(Cl)c(Cl)c2)C1. The van der Waals surface area contributed by atoms with Gasteiger partial charge in [0.25, 0.3) is 0 Å². The van der Waals surface area contributed by atoms with E-state index in [0.717, 1.165) is 12.0 Å². The van der Waals surface area contributed by atoms with Crippen molar-refractivity contribution >= 4 is 29.3 Å². The summed E-state index contributed by atoms with van der Waals surface area (Å²) in [5.74, 6) is 0. The standard InChI is InChI=1S/C16H21Cl2NO3/c1-16(2,3)22-15(20)19-7-4-8-21-14(10-19)11-5-6-12(17)13(18)9-11/h5-6,9,14H,4,7-8,10H2,1-3H3. The van der Waals surface area contributed by atoms with E-state index >= 15 is 0 Å². The molecule has 4 nitrogen and oxygen atoms in total. The number of ether oxygens (including phenoxy) is 2. The number of hydrogen-bond donors (Lipinski definition) is 0. The van der Waals surface area contributed by atoms with E-state index in [4.69, 9.17) is 32.7 Å². The van der Waals surface area contributed by atoms with Crippen LogP contribution in [0.2, 0.25) is 10.0 Å². The van der Waals surface area contributed by atoms with Gasteiger partial charge in [0.05, 0.1) is 16.6 Å². The molecule has 2 rings (SSSR count). The molecule has 1 unspecified atom stereocenters. The second-order valence-electron chi connectivity index (χ2n) is 6.31. The van der Waals surface area contributed by atoms with Crippen LogP contribution in [0.3, 0.4) is 0 Å². The Morgan fingerprint density at radius 3 is 2.68 bits per heavy atom. The van der Waals surface area contributed by atoms with Gasteiger partial charge in [0.2, 0.25) is 0 Å². The smallest absolute Gasteiger partial charge is 0.410 e. The average Bonchev–Trinajstić information content (AvgIpc) is 2.66. The molecule has 1 aromatic carbocycles. The van der Waals surface area contributed by atoms with Crippen LogP contribution in [-0.2, 0) is 9.47 Å². The van der Waals surface area contributed by atoms with E-state index < -0.39 is 5.60 Å². The van der Waals surface area contributed by atoms with Crippen molar-refractivity contribution in [2.45, 2.75) is 38.9 Å². The first-order chi connectivity index (χ1) is 10.3. The molecular formula is C16H21Cl2NO3. The van der Waals surface area contributed by atoms with Crippen LogP contribution in [0.15, 0.2) is 18.2 Å². The van der Waals surface area contributed by atoms with Crippen LogP contribution in [0.5, 0.6) is 0 Å². The number of hydrogen-bond acceptors (Lipinski definition) is 3. The number of amides is 1. The van der Waals surface area contributed by atoms with Crippen LogP contribution in [0.4, 0.5) is 4.79 Å². The normalized spacial score (nSPS) is 19.7. The molecule has 1 fully saturated rings. The van der Waals surface area contributed by atoms with Gasteiger partial charge >= 0.3 is 6.09 Å². The second kappa shape index (κ2) is 7.07. The van der Waals surface area contributed by atoms with Gasteiger partial charge in [-0.15, -0.1) is 0 Å². The molecule has 1 heterocycles. The highest BCUT2D eigenvalue weighted by Gasteiger charge is 2.27. The van der Waals surface area contributed by atoms with E-state index in [0.29, 0.717) is 29.7 Å². The first kappa shape index (κ1) is 17.4. The lowest BCUT2D eigenvalue weighted by molar-refractivity contribution is 0.0140. The summed E-state index contributed by atoms with van der Waals surface area (Å²) >= 11 is 12.0. The van der Waals surface area contributed by atoms with Gasteiger partial charge in [0, 0.05) is 13.2 Å². The summed E-state index contributed by atoms with van der Waals surface area (Å²) in [6.07, 6.45) is 0.227. The Kier molecular flexibility index (Phi) is 5.59. The van der Waals surface area contributed by atoms with Gasteiger partial charge in [-0.05, 0) is 44.9 Å². The van der Waals surface area contributed by atoms with E-state index in [1.165, 1.54) is 0 Å². The van der Waals surface area contributed by atoms with Gasteiger partial charge in [0.1, 0.15) is 11.7 Å². The van der Waals surface area contributed by atoms with Gasteiger partial charge in [-0.3, -0.25) is 0 Å². The maximum Gasteiger partial charge on any atom is 0.410 e. The molecule has 0 aromatic heterocycles. The van der Waals surface area contributed by atoms with E-state index in [1.54, 1.807) is 17.0 Å². The van der Waals surface area contributed by atoms with Crippen LogP contribution in [0.1, 0.15) is 38.9 Å². The van der Waals surface area contributed by atoms with Gasteiger partial charge in [-0.25, -0.2) is 4.79 Å². The predicted molar refractivity (Wildman–Crippen MR) is 87.6 cm³/mol. The van der Waals surface area contributed by atoms with E-state index in [2.05, 4.69) is 0 Å². The van der Waals surface area contributed by atoms with Gasteiger partial charge in [-0.1, -0.05) is 29.3 Å². The Labute approximate surface area is 141 Å². The largest absolute Gasteiger partial charge is 0.444 e. The third kappa shape index (κ3) is 4.77. The topological polar surface area (TPSA) is 38.8 Å². The lowest BCUT2D eigenvalue weighted by atomic mass is 10.1. The maximum atomic E-state index is 12.3.